The number of benzene rings is 2. The van der Waals surface area contributed by atoms with Crippen molar-refractivity contribution in [3.05, 3.63) is 65.2 Å². The molecular weight excluding hydrogens is 324 g/mol. The second-order valence-electron chi connectivity index (χ2n) is 7.24. The van der Waals surface area contributed by atoms with Gasteiger partial charge >= 0.3 is 0 Å². The first-order valence-electron chi connectivity index (χ1n) is 8.83. The minimum Gasteiger partial charge on any atom is -0.489 e. The first-order valence-corrected chi connectivity index (χ1v) is 8.83. The number of nitrogens with zero attached hydrogens (tertiary/aromatic N) is 2. The lowest BCUT2D eigenvalue weighted by molar-refractivity contribution is 0.0784. The molecule has 0 aliphatic rings. The number of amides is 1. The number of hydrogen-bond donors (Lipinski definition) is 0. The molecule has 4 heteroatoms. The van der Waals surface area contributed by atoms with Gasteiger partial charge in [-0.15, -0.1) is 0 Å². The topological polar surface area (TPSA) is 53.3 Å². The summed E-state index contributed by atoms with van der Waals surface area (Å²) in [5.74, 6) is 0.698. The van der Waals surface area contributed by atoms with E-state index in [1.54, 1.807) is 12.1 Å². The maximum atomic E-state index is 12.3. The van der Waals surface area contributed by atoms with E-state index in [-0.39, 0.29) is 17.9 Å². The number of carbonyl (C=O) groups is 1. The maximum absolute atomic E-state index is 12.3. The highest BCUT2D eigenvalue weighted by molar-refractivity contribution is 5.94. The van der Waals surface area contributed by atoms with Crippen LogP contribution < -0.4 is 4.74 Å². The summed E-state index contributed by atoms with van der Waals surface area (Å²) in [4.78, 5) is 13.8. The van der Waals surface area contributed by atoms with Crippen LogP contribution in [0.15, 0.2) is 48.5 Å². The molecule has 1 amide bonds. The van der Waals surface area contributed by atoms with E-state index in [4.69, 9.17) is 10.00 Å². The molecule has 0 saturated carbocycles. The average Bonchev–Trinajstić information content (AvgIpc) is 2.64. The summed E-state index contributed by atoms with van der Waals surface area (Å²) < 4.78 is 5.83. The molecule has 0 unspecified atom stereocenters. The molecule has 0 aliphatic carbocycles. The standard InChI is InChI=1S/C22H26N2O2/c1-5-24(15-14-23)21(25)18-8-6-17(7-9-18)16-26-20-12-10-19(11-13-20)22(2,3)4/h6-13H,5,15-16H2,1-4H3. The molecular formula is C22H26N2O2. The van der Waals surface area contributed by atoms with E-state index in [0.29, 0.717) is 18.7 Å². The predicted octanol–water partition coefficient (Wildman–Crippen LogP) is 4.55. The number of carbonyl (C=O) groups excluding carboxylic acids is 1. The Kier molecular flexibility index (Phi) is 6.41. The van der Waals surface area contributed by atoms with Gasteiger partial charge in [0.15, 0.2) is 0 Å². The zero-order chi connectivity index (χ0) is 19.2. The Morgan fingerprint density at radius 3 is 2.19 bits per heavy atom. The van der Waals surface area contributed by atoms with Crippen LogP contribution in [0.1, 0.15) is 49.2 Å². The van der Waals surface area contributed by atoms with Gasteiger partial charge in [0.1, 0.15) is 18.9 Å². The van der Waals surface area contributed by atoms with Crippen molar-refractivity contribution in [1.82, 2.24) is 4.90 Å². The lowest BCUT2D eigenvalue weighted by atomic mass is 9.87. The van der Waals surface area contributed by atoms with Crippen LogP contribution in [0.3, 0.4) is 0 Å². The molecule has 0 bridgehead atoms. The van der Waals surface area contributed by atoms with Crippen molar-refractivity contribution in [2.24, 2.45) is 0 Å². The average molecular weight is 350 g/mol. The van der Waals surface area contributed by atoms with E-state index in [0.717, 1.165) is 11.3 Å². The highest BCUT2D eigenvalue weighted by Gasteiger charge is 2.14. The Morgan fingerprint density at radius 2 is 1.69 bits per heavy atom. The fourth-order valence-electron chi connectivity index (χ4n) is 2.56. The van der Waals surface area contributed by atoms with Crippen molar-refractivity contribution in [3.63, 3.8) is 0 Å². The van der Waals surface area contributed by atoms with E-state index >= 15 is 0 Å². The number of ether oxygens (including phenoxy) is 1. The Hall–Kier alpha value is -2.80. The molecule has 2 aromatic rings. The monoisotopic (exact) mass is 350 g/mol. The summed E-state index contributed by atoms with van der Waals surface area (Å²) in [6.07, 6.45) is 0. The smallest absolute Gasteiger partial charge is 0.254 e. The molecule has 0 N–H and O–H groups in total. The van der Waals surface area contributed by atoms with Gasteiger partial charge in [-0.25, -0.2) is 0 Å². The largest absolute Gasteiger partial charge is 0.489 e. The van der Waals surface area contributed by atoms with E-state index in [1.807, 2.05) is 37.3 Å². The van der Waals surface area contributed by atoms with Crippen LogP contribution in [0.5, 0.6) is 5.75 Å². The van der Waals surface area contributed by atoms with Gasteiger partial charge in [0.2, 0.25) is 0 Å². The fraction of sp³-hybridized carbons (Fsp3) is 0.364. The van der Waals surface area contributed by atoms with Gasteiger partial charge in [-0.2, -0.15) is 5.26 Å². The van der Waals surface area contributed by atoms with Crippen LogP contribution in [0, 0.1) is 11.3 Å². The van der Waals surface area contributed by atoms with Crippen molar-refractivity contribution in [1.29, 1.82) is 5.26 Å². The summed E-state index contributed by atoms with van der Waals surface area (Å²) in [6.45, 7) is 9.47. The number of rotatable bonds is 6. The Bertz CT molecular complexity index is 766. The van der Waals surface area contributed by atoms with Crippen LogP contribution >= 0.6 is 0 Å². The molecule has 0 saturated heterocycles. The molecule has 0 heterocycles. The van der Waals surface area contributed by atoms with Gasteiger partial charge in [-0.05, 0) is 47.7 Å². The van der Waals surface area contributed by atoms with Crippen LogP contribution in [-0.2, 0) is 12.0 Å². The molecule has 0 fully saturated rings. The molecule has 136 valence electrons. The number of hydrogen-bond acceptors (Lipinski definition) is 3. The van der Waals surface area contributed by atoms with E-state index in [9.17, 15) is 4.79 Å². The molecule has 0 radical (unpaired) electrons. The summed E-state index contributed by atoms with van der Waals surface area (Å²) in [6, 6.07) is 17.5. The van der Waals surface area contributed by atoms with Gasteiger partial charge in [0.05, 0.1) is 6.07 Å². The van der Waals surface area contributed by atoms with Crippen LogP contribution in [-0.4, -0.2) is 23.9 Å². The Morgan fingerprint density at radius 1 is 1.08 bits per heavy atom. The lowest BCUT2D eigenvalue weighted by Gasteiger charge is -2.19. The van der Waals surface area contributed by atoms with E-state index in [1.165, 1.54) is 10.5 Å². The highest BCUT2D eigenvalue weighted by atomic mass is 16.5. The van der Waals surface area contributed by atoms with Gasteiger partial charge < -0.3 is 9.64 Å². The first-order chi connectivity index (χ1) is 12.3. The molecule has 2 rings (SSSR count). The minimum absolute atomic E-state index is 0.102. The minimum atomic E-state index is -0.126. The van der Waals surface area contributed by atoms with E-state index in [2.05, 4.69) is 32.9 Å². The molecule has 0 spiro atoms. The quantitative estimate of drug-likeness (QED) is 0.718. The summed E-state index contributed by atoms with van der Waals surface area (Å²) in [5, 5.41) is 8.79. The van der Waals surface area contributed by atoms with Crippen molar-refractivity contribution in [2.45, 2.75) is 39.7 Å². The SMILES string of the molecule is CCN(CC#N)C(=O)c1ccc(COc2ccc(C(C)(C)C)cc2)cc1. The summed E-state index contributed by atoms with van der Waals surface area (Å²) in [7, 11) is 0. The maximum Gasteiger partial charge on any atom is 0.254 e. The third kappa shape index (κ3) is 5.10. The molecule has 0 aromatic heterocycles. The Balaban J connectivity index is 1.97. The third-order valence-electron chi connectivity index (χ3n) is 4.26. The molecule has 26 heavy (non-hydrogen) atoms. The predicted molar refractivity (Wildman–Crippen MR) is 103 cm³/mol. The Labute approximate surface area is 156 Å². The number of nitriles is 1. The van der Waals surface area contributed by atoms with E-state index < -0.39 is 0 Å². The van der Waals surface area contributed by atoms with Crippen molar-refractivity contribution >= 4 is 5.91 Å². The second kappa shape index (κ2) is 8.53. The van der Waals surface area contributed by atoms with Crippen LogP contribution in [0.2, 0.25) is 0 Å². The second-order valence-corrected chi connectivity index (χ2v) is 7.24. The van der Waals surface area contributed by atoms with Crippen molar-refractivity contribution in [3.8, 4) is 11.8 Å². The molecule has 4 nitrogen and oxygen atoms in total. The third-order valence-corrected chi connectivity index (χ3v) is 4.26. The van der Waals surface area contributed by atoms with Crippen LogP contribution in [0.25, 0.3) is 0 Å². The molecule has 0 aliphatic heterocycles. The van der Waals surface area contributed by atoms with Gasteiger partial charge in [-0.1, -0.05) is 45.0 Å². The van der Waals surface area contributed by atoms with Crippen molar-refractivity contribution in [2.75, 3.05) is 13.1 Å². The zero-order valence-electron chi connectivity index (χ0n) is 16.0. The summed E-state index contributed by atoms with van der Waals surface area (Å²) >= 11 is 0. The van der Waals surface area contributed by atoms with Gasteiger partial charge in [0.25, 0.3) is 5.91 Å². The van der Waals surface area contributed by atoms with Gasteiger partial charge in [0, 0.05) is 12.1 Å². The first kappa shape index (κ1) is 19.5. The fourth-order valence-corrected chi connectivity index (χ4v) is 2.56. The normalized spacial score (nSPS) is 10.9. The zero-order valence-corrected chi connectivity index (χ0v) is 16.0. The van der Waals surface area contributed by atoms with Crippen LogP contribution in [0.4, 0.5) is 0 Å². The summed E-state index contributed by atoms with van der Waals surface area (Å²) in [5.41, 5.74) is 2.97. The molecule has 0 atom stereocenters. The lowest BCUT2D eigenvalue weighted by Crippen LogP contribution is -2.31. The van der Waals surface area contributed by atoms with Crippen molar-refractivity contribution < 1.29 is 9.53 Å². The van der Waals surface area contributed by atoms with Gasteiger partial charge in [-0.3, -0.25) is 4.79 Å². The molecule has 2 aromatic carbocycles. The highest BCUT2D eigenvalue weighted by Crippen LogP contribution is 2.24.